The van der Waals surface area contributed by atoms with Crippen LogP contribution in [0.25, 0.3) is 5.70 Å². The highest BCUT2D eigenvalue weighted by Crippen LogP contribution is 2.59. The lowest BCUT2D eigenvalue weighted by Gasteiger charge is -2.48. The van der Waals surface area contributed by atoms with E-state index in [1.165, 1.54) is 24.4 Å². The number of carbonyl (C=O) groups excluding carboxylic acids is 1. The van der Waals surface area contributed by atoms with Crippen LogP contribution >= 0.6 is 0 Å². The van der Waals surface area contributed by atoms with Crippen molar-refractivity contribution in [2.24, 2.45) is 27.0 Å². The Balaban J connectivity index is 1.56. The van der Waals surface area contributed by atoms with Crippen LogP contribution in [0, 0.1) is 28.4 Å². The molecule has 6 nitrogen and oxygen atoms in total. The molecule has 8 heteroatoms. The van der Waals surface area contributed by atoms with E-state index >= 15 is 0 Å². The molecular formula is C27H31F2N5O. The number of aromatic nitrogens is 2. The van der Waals surface area contributed by atoms with E-state index in [9.17, 15) is 13.6 Å². The number of carbonyl (C=O) groups is 1. The Kier molecular flexibility index (Phi) is 6.58. The zero-order valence-electron chi connectivity index (χ0n) is 20.4. The molecule has 0 bridgehead atoms. The number of likely N-dealkylation sites (tertiary alicyclic amines) is 1. The van der Waals surface area contributed by atoms with E-state index in [1.807, 2.05) is 28.8 Å². The van der Waals surface area contributed by atoms with E-state index < -0.39 is 22.5 Å². The molecular weight excluding hydrogens is 448 g/mol. The molecule has 1 aromatic carbocycles. The van der Waals surface area contributed by atoms with Crippen molar-refractivity contribution in [3.63, 3.8) is 0 Å². The Morgan fingerprint density at radius 3 is 2.49 bits per heavy atom. The molecule has 1 amide bonds. The monoisotopic (exact) mass is 479 g/mol. The molecule has 0 N–H and O–H groups in total. The Hall–Kier alpha value is -3.42. The Morgan fingerprint density at radius 1 is 1.20 bits per heavy atom. The second-order valence-electron chi connectivity index (χ2n) is 10.1. The van der Waals surface area contributed by atoms with Crippen LogP contribution < -0.4 is 0 Å². The van der Waals surface area contributed by atoms with E-state index in [2.05, 4.69) is 42.3 Å². The Bertz CT molecular complexity index is 1170. The van der Waals surface area contributed by atoms with Gasteiger partial charge in [0, 0.05) is 31.7 Å². The molecule has 1 saturated heterocycles. The molecule has 1 saturated carbocycles. The normalized spacial score (nSPS) is 24.5. The van der Waals surface area contributed by atoms with E-state index in [1.54, 1.807) is 12.3 Å². The first-order valence-electron chi connectivity index (χ1n) is 11.8. The maximum Gasteiger partial charge on any atom is 0.229 e. The minimum atomic E-state index is -0.734. The first kappa shape index (κ1) is 24.7. The molecule has 0 radical (unpaired) electrons. The van der Waals surface area contributed by atoms with Gasteiger partial charge in [0.05, 0.1) is 22.7 Å². The Morgan fingerprint density at radius 2 is 1.89 bits per heavy atom. The molecule has 35 heavy (non-hydrogen) atoms. The van der Waals surface area contributed by atoms with Crippen LogP contribution in [0.15, 0.2) is 77.9 Å². The summed E-state index contributed by atoms with van der Waals surface area (Å²) in [6.45, 7) is 15.2. The molecule has 1 aliphatic carbocycles. The van der Waals surface area contributed by atoms with Gasteiger partial charge in [0.25, 0.3) is 0 Å². The fraction of sp³-hybridized carbons (Fsp3) is 0.407. The quantitative estimate of drug-likeness (QED) is 0.352. The number of amides is 1. The van der Waals surface area contributed by atoms with Crippen molar-refractivity contribution < 1.29 is 13.6 Å². The molecule has 2 atom stereocenters. The highest BCUT2D eigenvalue weighted by molar-refractivity contribution is 5.84. The summed E-state index contributed by atoms with van der Waals surface area (Å²) < 4.78 is 30.9. The van der Waals surface area contributed by atoms with Crippen molar-refractivity contribution in [1.82, 2.24) is 14.7 Å². The molecule has 2 fully saturated rings. The number of hydrogen-bond acceptors (Lipinski definition) is 4. The third kappa shape index (κ3) is 4.26. The lowest BCUT2D eigenvalue weighted by atomic mass is 9.63. The van der Waals surface area contributed by atoms with Gasteiger partial charge < -0.3 is 4.90 Å². The third-order valence-electron chi connectivity index (χ3n) is 7.98. The summed E-state index contributed by atoms with van der Waals surface area (Å²) in [6.07, 6.45) is 7.86. The van der Waals surface area contributed by atoms with Crippen LogP contribution in [-0.2, 0) is 4.79 Å². The number of halogens is 2. The number of nitrogens with zero attached hydrogens (tertiary/aromatic N) is 5. The van der Waals surface area contributed by atoms with Crippen molar-refractivity contribution >= 4 is 11.6 Å². The lowest BCUT2D eigenvalue weighted by molar-refractivity contribution is -0.153. The maximum absolute atomic E-state index is 14.5. The van der Waals surface area contributed by atoms with Crippen molar-refractivity contribution in [1.29, 1.82) is 0 Å². The summed E-state index contributed by atoms with van der Waals surface area (Å²) >= 11 is 0. The van der Waals surface area contributed by atoms with Gasteiger partial charge in [0.2, 0.25) is 5.91 Å². The SMILES string of the molecule is C=CN=N/C(=C\C(=C)C1CC[C@](C)(C(=O)N2CC(n3cccn3)C2)C1(C)C)c1c(F)cccc1F. The zero-order valence-corrected chi connectivity index (χ0v) is 20.4. The number of benzene rings is 1. The third-order valence-corrected chi connectivity index (χ3v) is 7.98. The predicted octanol–water partition coefficient (Wildman–Crippen LogP) is 6.18. The van der Waals surface area contributed by atoms with E-state index in [0.717, 1.165) is 6.42 Å². The number of azo groups is 1. The van der Waals surface area contributed by atoms with Crippen molar-refractivity contribution in [2.75, 3.05) is 13.1 Å². The molecule has 1 unspecified atom stereocenters. The summed E-state index contributed by atoms with van der Waals surface area (Å²) in [5, 5.41) is 12.0. The van der Waals surface area contributed by atoms with E-state index in [-0.39, 0.29) is 29.1 Å². The van der Waals surface area contributed by atoms with Crippen LogP contribution in [-0.4, -0.2) is 33.7 Å². The lowest BCUT2D eigenvalue weighted by Crippen LogP contribution is -2.57. The van der Waals surface area contributed by atoms with Gasteiger partial charge >= 0.3 is 0 Å². The topological polar surface area (TPSA) is 62.9 Å². The Labute approximate surface area is 204 Å². The predicted molar refractivity (Wildman–Crippen MR) is 131 cm³/mol. The first-order valence-corrected chi connectivity index (χ1v) is 11.8. The molecule has 1 aliphatic heterocycles. The number of hydrogen-bond donors (Lipinski definition) is 0. The van der Waals surface area contributed by atoms with Gasteiger partial charge in [0.15, 0.2) is 0 Å². The van der Waals surface area contributed by atoms with Crippen LogP contribution in [0.4, 0.5) is 8.78 Å². The van der Waals surface area contributed by atoms with Gasteiger partial charge in [-0.25, -0.2) is 8.78 Å². The van der Waals surface area contributed by atoms with Gasteiger partial charge in [-0.3, -0.25) is 9.48 Å². The summed E-state index contributed by atoms with van der Waals surface area (Å²) in [7, 11) is 0. The molecule has 2 aliphatic rings. The molecule has 2 aromatic rings. The summed E-state index contributed by atoms with van der Waals surface area (Å²) in [6, 6.07) is 5.74. The van der Waals surface area contributed by atoms with Gasteiger partial charge in [-0.1, -0.05) is 40.0 Å². The van der Waals surface area contributed by atoms with Crippen molar-refractivity contribution in [3.05, 3.63) is 84.9 Å². The standard InChI is InChI=1S/C27H31F2N5O/c1-6-30-32-23(24-21(28)9-7-10-22(24)29)15-18(2)20-11-12-27(5,26(20,3)4)25(35)33-16-19(17-33)34-14-8-13-31-34/h6-10,13-15,19-20H,1-2,11-12,16-17H2,3-5H3/b23-15-,32-30?/t20?,27-/m1/s1. The molecule has 1 aromatic heterocycles. The maximum atomic E-state index is 14.5. The number of allylic oxidation sites excluding steroid dienone is 2. The minimum Gasteiger partial charge on any atom is -0.338 e. The first-order chi connectivity index (χ1) is 16.6. The van der Waals surface area contributed by atoms with Crippen molar-refractivity contribution in [3.8, 4) is 0 Å². The highest BCUT2D eigenvalue weighted by atomic mass is 19.1. The molecule has 4 rings (SSSR count). The second kappa shape index (κ2) is 9.32. The van der Waals surface area contributed by atoms with Crippen molar-refractivity contribution in [2.45, 2.75) is 39.7 Å². The summed E-state index contributed by atoms with van der Waals surface area (Å²) in [5.74, 6) is -1.43. The number of rotatable bonds is 7. The molecule has 2 heterocycles. The van der Waals surface area contributed by atoms with Gasteiger partial charge in [-0.15, -0.1) is 0 Å². The smallest absolute Gasteiger partial charge is 0.229 e. The van der Waals surface area contributed by atoms with Gasteiger partial charge in [-0.05, 0) is 54.0 Å². The van der Waals surface area contributed by atoms with Crippen LogP contribution in [0.2, 0.25) is 0 Å². The minimum absolute atomic E-state index is 0.0334. The molecule has 184 valence electrons. The zero-order chi connectivity index (χ0) is 25.4. The fourth-order valence-electron chi connectivity index (χ4n) is 5.44. The second-order valence-corrected chi connectivity index (χ2v) is 10.1. The largest absolute Gasteiger partial charge is 0.338 e. The average Bonchev–Trinajstić information content (AvgIpc) is 3.37. The van der Waals surface area contributed by atoms with Crippen LogP contribution in [0.1, 0.15) is 45.2 Å². The highest BCUT2D eigenvalue weighted by Gasteiger charge is 2.58. The fourth-order valence-corrected chi connectivity index (χ4v) is 5.44. The summed E-state index contributed by atoms with van der Waals surface area (Å²) in [4.78, 5) is 15.5. The van der Waals surface area contributed by atoms with E-state index in [0.29, 0.717) is 25.1 Å². The van der Waals surface area contributed by atoms with Gasteiger partial charge in [0.1, 0.15) is 11.6 Å². The molecule has 0 spiro atoms. The van der Waals surface area contributed by atoms with Crippen LogP contribution in [0.3, 0.4) is 0 Å². The summed E-state index contributed by atoms with van der Waals surface area (Å²) in [5.41, 5.74) is -0.617. The average molecular weight is 480 g/mol. The van der Waals surface area contributed by atoms with E-state index in [4.69, 9.17) is 0 Å². The van der Waals surface area contributed by atoms with Gasteiger partial charge in [-0.2, -0.15) is 15.3 Å². The van der Waals surface area contributed by atoms with Crippen LogP contribution in [0.5, 0.6) is 0 Å².